The maximum atomic E-state index is 14.0. The van der Waals surface area contributed by atoms with Crippen LogP contribution in [0.25, 0.3) is 11.1 Å². The van der Waals surface area contributed by atoms with Crippen LogP contribution in [0.3, 0.4) is 0 Å². The van der Waals surface area contributed by atoms with Gasteiger partial charge in [-0.1, -0.05) is 97.1 Å². The van der Waals surface area contributed by atoms with Crippen LogP contribution in [0.4, 0.5) is 24.5 Å². The fourth-order valence-corrected chi connectivity index (χ4v) is 6.51. The van der Waals surface area contributed by atoms with Crippen LogP contribution in [0.1, 0.15) is 27.0 Å². The van der Waals surface area contributed by atoms with Gasteiger partial charge in [0.2, 0.25) is 10.0 Å². The highest BCUT2D eigenvalue weighted by molar-refractivity contribution is 7.92. The molecule has 254 valence electrons. The summed E-state index contributed by atoms with van der Waals surface area (Å²) in [6.45, 7) is 0.0372. The molecule has 0 aliphatic carbocycles. The maximum absolute atomic E-state index is 14.0. The third-order valence-electron chi connectivity index (χ3n) is 7.86. The van der Waals surface area contributed by atoms with Crippen molar-refractivity contribution in [3.8, 4) is 11.1 Å². The normalized spacial score (nSPS) is 13.0. The number of hydrogen-bond acceptors (Lipinski definition) is 5. The van der Waals surface area contributed by atoms with Crippen LogP contribution in [0.15, 0.2) is 133 Å². The number of amides is 1. The van der Waals surface area contributed by atoms with E-state index in [1.165, 1.54) is 16.4 Å². The summed E-state index contributed by atoms with van der Waals surface area (Å²) >= 11 is 0. The summed E-state index contributed by atoms with van der Waals surface area (Å²) in [6.07, 6.45) is -4.27. The van der Waals surface area contributed by atoms with E-state index in [4.69, 9.17) is 0 Å². The predicted octanol–water partition coefficient (Wildman–Crippen LogP) is 6.96. The molecule has 5 aromatic carbocycles. The highest BCUT2D eigenvalue weighted by Gasteiger charge is 2.30. The molecule has 49 heavy (non-hydrogen) atoms. The first kappa shape index (κ1) is 35.3. The van der Waals surface area contributed by atoms with E-state index in [0.717, 1.165) is 29.5 Å². The molecule has 0 bridgehead atoms. The molecule has 3 N–H and O–H groups in total. The summed E-state index contributed by atoms with van der Waals surface area (Å²) in [5.41, 5.74) is 2.66. The molecule has 2 unspecified atom stereocenters. The van der Waals surface area contributed by atoms with Crippen molar-refractivity contribution in [2.45, 2.75) is 31.3 Å². The number of halogens is 3. The Bertz CT molecular complexity index is 1960. The van der Waals surface area contributed by atoms with Gasteiger partial charge in [-0.25, -0.2) is 12.7 Å². The molecule has 0 saturated carbocycles. The van der Waals surface area contributed by atoms with Crippen molar-refractivity contribution in [2.75, 3.05) is 17.1 Å². The van der Waals surface area contributed by atoms with Gasteiger partial charge in [0.25, 0.3) is 5.91 Å². The number of carbonyl (C=O) groups excluding carboxylic acids is 1. The molecule has 5 rings (SSSR count). The second-order valence-corrected chi connectivity index (χ2v) is 13.5. The Morgan fingerprint density at radius 1 is 0.755 bits per heavy atom. The SMILES string of the molecule is CS(=O)(=O)N(c1ccccc1)c1cc(C(=O)NC(Cc2ccccc2)C(O)CNCc2cccc(C(F)(F)F)c2)cc(-c2ccccc2)c1. The predicted molar refractivity (Wildman–Crippen MR) is 186 cm³/mol. The summed E-state index contributed by atoms with van der Waals surface area (Å²) in [4.78, 5) is 14.0. The van der Waals surface area contributed by atoms with E-state index >= 15 is 0 Å². The minimum absolute atomic E-state index is 0.0286. The van der Waals surface area contributed by atoms with Crippen LogP contribution in [0, 0.1) is 0 Å². The van der Waals surface area contributed by atoms with Crippen molar-refractivity contribution in [2.24, 2.45) is 0 Å². The van der Waals surface area contributed by atoms with Gasteiger partial charge in [-0.3, -0.25) is 4.79 Å². The molecule has 11 heteroatoms. The Labute approximate surface area is 284 Å². The lowest BCUT2D eigenvalue weighted by atomic mass is 9.99. The Morgan fingerprint density at radius 2 is 1.37 bits per heavy atom. The summed E-state index contributed by atoms with van der Waals surface area (Å²) in [5, 5.41) is 17.3. The number of para-hydroxylation sites is 1. The Balaban J connectivity index is 1.44. The molecule has 0 fully saturated rings. The zero-order valence-corrected chi connectivity index (χ0v) is 27.5. The molecule has 5 aromatic rings. The van der Waals surface area contributed by atoms with Crippen LogP contribution in [-0.2, 0) is 29.2 Å². The molecule has 7 nitrogen and oxygen atoms in total. The van der Waals surface area contributed by atoms with Gasteiger partial charge in [0.1, 0.15) is 0 Å². The summed E-state index contributed by atoms with van der Waals surface area (Å²) in [5.74, 6) is -0.543. The van der Waals surface area contributed by atoms with E-state index < -0.39 is 39.8 Å². The van der Waals surface area contributed by atoms with E-state index in [0.29, 0.717) is 16.8 Å². The number of alkyl halides is 3. The van der Waals surface area contributed by atoms with E-state index in [1.54, 1.807) is 48.5 Å². The third kappa shape index (κ3) is 9.56. The topological polar surface area (TPSA) is 98.7 Å². The summed E-state index contributed by atoms with van der Waals surface area (Å²) in [6, 6.07) is 36.0. The molecule has 0 aliphatic heterocycles. The van der Waals surface area contributed by atoms with Gasteiger partial charge in [-0.15, -0.1) is 0 Å². The van der Waals surface area contributed by atoms with Crippen LogP contribution < -0.4 is 14.9 Å². The smallest absolute Gasteiger partial charge is 0.390 e. The van der Waals surface area contributed by atoms with Gasteiger partial charge in [-0.05, 0) is 65.1 Å². The third-order valence-corrected chi connectivity index (χ3v) is 8.95. The molecule has 0 spiro atoms. The molecule has 0 saturated heterocycles. The Hall–Kier alpha value is -4.97. The summed E-state index contributed by atoms with van der Waals surface area (Å²) in [7, 11) is -3.84. The molecule has 0 heterocycles. The minimum atomic E-state index is -4.47. The number of nitrogens with zero attached hydrogens (tertiary/aromatic N) is 1. The van der Waals surface area contributed by atoms with Crippen molar-refractivity contribution >= 4 is 27.3 Å². The van der Waals surface area contributed by atoms with Gasteiger partial charge < -0.3 is 15.7 Å². The summed E-state index contributed by atoms with van der Waals surface area (Å²) < 4.78 is 67.0. The van der Waals surface area contributed by atoms with Crippen molar-refractivity contribution < 1.29 is 31.5 Å². The molecular formula is C38H36F3N3O4S. The average molecular weight is 688 g/mol. The Morgan fingerprint density at radius 3 is 2.00 bits per heavy atom. The van der Waals surface area contributed by atoms with Crippen molar-refractivity contribution in [1.29, 1.82) is 0 Å². The maximum Gasteiger partial charge on any atom is 0.416 e. The largest absolute Gasteiger partial charge is 0.416 e. The highest BCUT2D eigenvalue weighted by Crippen LogP contribution is 2.34. The lowest BCUT2D eigenvalue weighted by molar-refractivity contribution is -0.137. The first-order valence-electron chi connectivity index (χ1n) is 15.5. The molecular weight excluding hydrogens is 651 g/mol. The molecule has 0 aliphatic rings. The quantitative estimate of drug-likeness (QED) is 0.124. The molecule has 2 atom stereocenters. The number of rotatable bonds is 13. The fourth-order valence-electron chi connectivity index (χ4n) is 5.52. The first-order valence-corrected chi connectivity index (χ1v) is 17.4. The van der Waals surface area contributed by atoms with Crippen molar-refractivity contribution in [3.63, 3.8) is 0 Å². The van der Waals surface area contributed by atoms with E-state index in [9.17, 15) is 31.5 Å². The second-order valence-electron chi connectivity index (χ2n) is 11.7. The lowest BCUT2D eigenvalue weighted by Gasteiger charge is -2.26. The van der Waals surface area contributed by atoms with E-state index in [-0.39, 0.29) is 30.8 Å². The number of benzene rings is 5. The Kier molecular flexibility index (Phi) is 11.2. The molecule has 1 amide bonds. The van der Waals surface area contributed by atoms with Crippen molar-refractivity contribution in [1.82, 2.24) is 10.6 Å². The zero-order valence-electron chi connectivity index (χ0n) is 26.6. The highest BCUT2D eigenvalue weighted by atomic mass is 32.2. The number of anilines is 2. The number of carbonyl (C=O) groups is 1. The van der Waals surface area contributed by atoms with Gasteiger partial charge in [0, 0.05) is 18.7 Å². The van der Waals surface area contributed by atoms with Crippen LogP contribution in [-0.4, -0.2) is 44.4 Å². The number of aliphatic hydroxyl groups is 1. The minimum Gasteiger partial charge on any atom is -0.390 e. The number of nitrogens with one attached hydrogen (secondary N) is 2. The molecule has 0 aromatic heterocycles. The second kappa shape index (κ2) is 15.5. The van der Waals surface area contributed by atoms with Crippen LogP contribution in [0.2, 0.25) is 0 Å². The van der Waals surface area contributed by atoms with Crippen molar-refractivity contribution in [3.05, 3.63) is 156 Å². The van der Waals surface area contributed by atoms with Gasteiger partial charge >= 0.3 is 6.18 Å². The number of aliphatic hydroxyl groups excluding tert-OH is 1. The van der Waals surface area contributed by atoms with Crippen LogP contribution >= 0.6 is 0 Å². The van der Waals surface area contributed by atoms with E-state index in [2.05, 4.69) is 10.6 Å². The average Bonchev–Trinajstić information content (AvgIpc) is 3.08. The number of sulfonamides is 1. The fraction of sp³-hybridized carbons (Fsp3) is 0.184. The molecule has 0 radical (unpaired) electrons. The van der Waals surface area contributed by atoms with Gasteiger partial charge in [0.05, 0.1) is 35.3 Å². The van der Waals surface area contributed by atoms with Crippen LogP contribution in [0.5, 0.6) is 0 Å². The van der Waals surface area contributed by atoms with Gasteiger partial charge in [0.15, 0.2) is 0 Å². The monoisotopic (exact) mass is 687 g/mol. The zero-order chi connectivity index (χ0) is 35.0. The lowest BCUT2D eigenvalue weighted by Crippen LogP contribution is -2.48. The van der Waals surface area contributed by atoms with E-state index in [1.807, 2.05) is 60.7 Å². The first-order chi connectivity index (χ1) is 23.4. The van der Waals surface area contributed by atoms with Gasteiger partial charge in [-0.2, -0.15) is 13.2 Å². The number of hydrogen-bond donors (Lipinski definition) is 3. The standard InChI is InChI=1S/C38H36F3N3O4S/c1-49(47,48)44(33-18-9-4-10-19-33)34-23-30(29-15-7-3-8-16-29)22-31(24-34)37(46)43-35(21-27-12-5-2-6-13-27)36(45)26-42-25-28-14-11-17-32(20-28)38(39,40)41/h2-20,22-24,35-36,42,45H,21,25-26H2,1H3,(H,43,46).